The van der Waals surface area contributed by atoms with Crippen LogP contribution >= 0.6 is 11.3 Å². The minimum Gasteiger partial charge on any atom is -0.271 e. The molecule has 0 saturated heterocycles. The van der Waals surface area contributed by atoms with Gasteiger partial charge in [0, 0.05) is 4.88 Å². The van der Waals surface area contributed by atoms with Crippen LogP contribution in [-0.2, 0) is 0 Å². The van der Waals surface area contributed by atoms with E-state index in [1.165, 1.54) is 30.6 Å². The van der Waals surface area contributed by atoms with Crippen LogP contribution in [0, 0.1) is 0 Å². The first kappa shape index (κ1) is 10.9. The Hall–Kier alpha value is -0.640. The maximum absolute atomic E-state index is 5.61. The van der Waals surface area contributed by atoms with Crippen LogP contribution in [0.2, 0.25) is 0 Å². The number of nitrogens with one attached hydrogen (secondary N) is 1. The highest BCUT2D eigenvalue weighted by atomic mass is 32.1. The molecule has 2 rings (SSSR count). The molecule has 82 valence electrons. The Kier molecular flexibility index (Phi) is 3.94. The molecule has 1 atom stereocenters. The average molecular weight is 222 g/mol. The fraction of sp³-hybridized carbons (Fsp3) is 0.500. The van der Waals surface area contributed by atoms with Gasteiger partial charge in [-0.15, -0.1) is 11.3 Å². The van der Waals surface area contributed by atoms with Gasteiger partial charge in [-0.25, -0.2) is 0 Å². The molecule has 3 N–H and O–H groups in total. The third-order valence-corrected chi connectivity index (χ3v) is 3.93. The van der Waals surface area contributed by atoms with Crippen LogP contribution in [0.15, 0.2) is 29.2 Å². The fourth-order valence-electron chi connectivity index (χ4n) is 2.08. The van der Waals surface area contributed by atoms with Crippen molar-refractivity contribution in [2.24, 2.45) is 5.84 Å². The van der Waals surface area contributed by atoms with Gasteiger partial charge in [0.15, 0.2) is 0 Å². The third-order valence-electron chi connectivity index (χ3n) is 2.94. The van der Waals surface area contributed by atoms with Gasteiger partial charge in [0.2, 0.25) is 0 Å². The van der Waals surface area contributed by atoms with Crippen molar-refractivity contribution in [1.29, 1.82) is 0 Å². The lowest BCUT2D eigenvalue weighted by molar-refractivity contribution is 0.536. The molecule has 0 spiro atoms. The minimum atomic E-state index is 0.300. The lowest BCUT2D eigenvalue weighted by Crippen LogP contribution is -2.27. The topological polar surface area (TPSA) is 38.0 Å². The number of hydrogen-bond donors (Lipinski definition) is 2. The Morgan fingerprint density at radius 3 is 3.00 bits per heavy atom. The summed E-state index contributed by atoms with van der Waals surface area (Å²) in [6.07, 6.45) is 8.65. The van der Waals surface area contributed by atoms with Gasteiger partial charge in [0.1, 0.15) is 0 Å². The molecule has 1 heterocycles. The zero-order valence-corrected chi connectivity index (χ0v) is 9.72. The van der Waals surface area contributed by atoms with E-state index in [1.807, 2.05) is 0 Å². The lowest BCUT2D eigenvalue weighted by atomic mass is 9.94. The van der Waals surface area contributed by atoms with Crippen molar-refractivity contribution in [2.45, 2.75) is 38.1 Å². The van der Waals surface area contributed by atoms with Gasteiger partial charge in [-0.3, -0.25) is 11.3 Å². The first-order chi connectivity index (χ1) is 7.40. The van der Waals surface area contributed by atoms with Crippen molar-refractivity contribution in [3.63, 3.8) is 0 Å². The number of rotatable bonds is 4. The molecule has 0 saturated carbocycles. The Bertz CT molecular complexity index is 316. The summed E-state index contributed by atoms with van der Waals surface area (Å²) in [6.45, 7) is 0. The molecular weight excluding hydrogens is 204 g/mol. The summed E-state index contributed by atoms with van der Waals surface area (Å²) in [5.41, 5.74) is 4.49. The summed E-state index contributed by atoms with van der Waals surface area (Å²) in [6, 6.07) is 4.53. The van der Waals surface area contributed by atoms with Crippen molar-refractivity contribution in [2.75, 3.05) is 0 Å². The monoisotopic (exact) mass is 222 g/mol. The number of thiophene rings is 1. The molecule has 0 aliphatic heterocycles. The molecule has 0 bridgehead atoms. The molecule has 0 amide bonds. The summed E-state index contributed by atoms with van der Waals surface area (Å²) in [5.74, 6) is 5.61. The summed E-state index contributed by atoms with van der Waals surface area (Å²) in [4.78, 5) is 1.34. The normalized spacial score (nSPS) is 18.6. The van der Waals surface area contributed by atoms with E-state index in [0.29, 0.717) is 6.04 Å². The number of hydrazine groups is 1. The largest absolute Gasteiger partial charge is 0.271 e. The second kappa shape index (κ2) is 5.45. The van der Waals surface area contributed by atoms with Crippen molar-refractivity contribution in [3.8, 4) is 0 Å². The van der Waals surface area contributed by atoms with E-state index in [2.05, 4.69) is 29.0 Å². The van der Waals surface area contributed by atoms with E-state index in [-0.39, 0.29) is 0 Å². The predicted molar refractivity (Wildman–Crippen MR) is 65.6 cm³/mol. The van der Waals surface area contributed by atoms with E-state index in [1.54, 1.807) is 16.9 Å². The second-order valence-corrected chi connectivity index (χ2v) is 5.03. The molecule has 3 heteroatoms. The van der Waals surface area contributed by atoms with Gasteiger partial charge in [0.05, 0.1) is 6.04 Å². The van der Waals surface area contributed by atoms with Gasteiger partial charge < -0.3 is 0 Å². The maximum atomic E-state index is 5.61. The lowest BCUT2D eigenvalue weighted by Gasteiger charge is -2.19. The van der Waals surface area contributed by atoms with Gasteiger partial charge >= 0.3 is 0 Å². The first-order valence-corrected chi connectivity index (χ1v) is 6.45. The molecule has 0 radical (unpaired) electrons. The van der Waals surface area contributed by atoms with Crippen molar-refractivity contribution in [3.05, 3.63) is 34.0 Å². The van der Waals surface area contributed by atoms with Gasteiger partial charge in [-0.1, -0.05) is 17.7 Å². The summed E-state index contributed by atoms with van der Waals surface area (Å²) >= 11 is 1.77. The molecule has 2 nitrogen and oxygen atoms in total. The van der Waals surface area contributed by atoms with E-state index >= 15 is 0 Å². The second-order valence-electron chi connectivity index (χ2n) is 4.05. The zero-order chi connectivity index (χ0) is 10.5. The smallest absolute Gasteiger partial charge is 0.0590 e. The molecule has 1 aliphatic rings. The molecular formula is C12H18N2S. The third kappa shape index (κ3) is 2.91. The average Bonchev–Trinajstić information content (AvgIpc) is 2.81. The van der Waals surface area contributed by atoms with Crippen LogP contribution < -0.4 is 11.3 Å². The first-order valence-electron chi connectivity index (χ1n) is 5.57. The fourth-order valence-corrected chi connectivity index (χ4v) is 2.87. The van der Waals surface area contributed by atoms with Crippen LogP contribution in [-0.4, -0.2) is 0 Å². The highest BCUT2D eigenvalue weighted by Crippen LogP contribution is 2.29. The summed E-state index contributed by atoms with van der Waals surface area (Å²) < 4.78 is 0. The highest BCUT2D eigenvalue weighted by Gasteiger charge is 2.14. The van der Waals surface area contributed by atoms with Gasteiger partial charge in [-0.05, 0) is 43.6 Å². The van der Waals surface area contributed by atoms with Crippen LogP contribution in [0.4, 0.5) is 0 Å². The Balaban J connectivity index is 1.99. The SMILES string of the molecule is NNC(CC1=CCCCC1)c1cccs1. The minimum absolute atomic E-state index is 0.300. The molecule has 1 unspecified atom stereocenters. The van der Waals surface area contributed by atoms with Crippen LogP contribution in [0.3, 0.4) is 0 Å². The summed E-state index contributed by atoms with van der Waals surface area (Å²) in [7, 11) is 0. The zero-order valence-electron chi connectivity index (χ0n) is 8.91. The van der Waals surface area contributed by atoms with Crippen LogP contribution in [0.1, 0.15) is 43.0 Å². The Labute approximate surface area is 95.2 Å². The van der Waals surface area contributed by atoms with E-state index in [4.69, 9.17) is 5.84 Å². The standard InChI is InChI=1S/C12H18N2S/c13-14-11(12-7-4-8-15-12)9-10-5-2-1-3-6-10/h4-5,7-8,11,14H,1-3,6,9,13H2. The summed E-state index contributed by atoms with van der Waals surface area (Å²) in [5, 5.41) is 2.11. The Morgan fingerprint density at radius 1 is 1.47 bits per heavy atom. The van der Waals surface area contributed by atoms with Crippen molar-refractivity contribution >= 4 is 11.3 Å². The number of hydrogen-bond acceptors (Lipinski definition) is 3. The molecule has 0 aromatic carbocycles. The molecule has 1 aromatic rings. The van der Waals surface area contributed by atoms with Gasteiger partial charge in [-0.2, -0.15) is 0 Å². The maximum Gasteiger partial charge on any atom is 0.0590 e. The Morgan fingerprint density at radius 2 is 2.40 bits per heavy atom. The highest BCUT2D eigenvalue weighted by molar-refractivity contribution is 7.10. The van der Waals surface area contributed by atoms with Crippen molar-refractivity contribution < 1.29 is 0 Å². The van der Waals surface area contributed by atoms with E-state index in [0.717, 1.165) is 6.42 Å². The van der Waals surface area contributed by atoms with E-state index in [9.17, 15) is 0 Å². The number of nitrogens with two attached hydrogens (primary N) is 1. The molecule has 1 aliphatic carbocycles. The predicted octanol–water partition coefficient (Wildman–Crippen LogP) is 3.14. The van der Waals surface area contributed by atoms with Crippen LogP contribution in [0.5, 0.6) is 0 Å². The van der Waals surface area contributed by atoms with Gasteiger partial charge in [0.25, 0.3) is 0 Å². The van der Waals surface area contributed by atoms with Crippen LogP contribution in [0.25, 0.3) is 0 Å². The molecule has 0 fully saturated rings. The molecule has 15 heavy (non-hydrogen) atoms. The van der Waals surface area contributed by atoms with E-state index < -0.39 is 0 Å². The number of allylic oxidation sites excluding steroid dienone is 1. The molecule has 1 aromatic heterocycles. The quantitative estimate of drug-likeness (QED) is 0.466. The van der Waals surface area contributed by atoms with Crippen molar-refractivity contribution in [1.82, 2.24) is 5.43 Å².